The van der Waals surface area contributed by atoms with Gasteiger partial charge in [0.05, 0.1) is 13.2 Å². The zero-order valence-electron chi connectivity index (χ0n) is 17.3. The molecule has 0 amide bonds. The van der Waals surface area contributed by atoms with Crippen LogP contribution in [0.15, 0.2) is 0 Å². The molecular formula is C17H38O8P2. The molecule has 1 atom stereocenters. The molecule has 0 radical (unpaired) electrons. The molecule has 1 unspecified atom stereocenters. The third kappa shape index (κ3) is 19.3. The molecule has 0 bridgehead atoms. The lowest BCUT2D eigenvalue weighted by atomic mass is 9.88. The van der Waals surface area contributed by atoms with E-state index in [0.29, 0.717) is 13.2 Å². The number of phosphoric acid groups is 1. The summed E-state index contributed by atoms with van der Waals surface area (Å²) in [5.41, 5.74) is -0.430. The lowest BCUT2D eigenvalue weighted by Gasteiger charge is -2.25. The molecule has 0 aliphatic carbocycles. The minimum absolute atomic E-state index is 0.0292. The lowest BCUT2D eigenvalue weighted by Crippen LogP contribution is -2.19. The van der Waals surface area contributed by atoms with E-state index >= 15 is 0 Å². The van der Waals surface area contributed by atoms with Gasteiger partial charge in [-0.1, -0.05) is 40.5 Å². The van der Waals surface area contributed by atoms with Crippen molar-refractivity contribution >= 4 is 15.4 Å². The molecule has 0 aromatic heterocycles. The third-order valence-electron chi connectivity index (χ3n) is 4.10. The Balaban J connectivity index is 3.67. The fourth-order valence-electron chi connectivity index (χ4n) is 2.42. The standard InChI is InChI=1S/C17H38O8P2/c1-16(2,14-24-26(5,18)19)10-6-8-12-23-13-9-7-11-17(3,4)15-25-27(20,21)22/h6-15H2,1-5H3,(H,18,19)(H2,20,21,22). The number of rotatable bonds is 16. The molecule has 0 spiro atoms. The topological polar surface area (TPSA) is 123 Å². The van der Waals surface area contributed by atoms with Crippen molar-refractivity contribution in [1.29, 1.82) is 0 Å². The van der Waals surface area contributed by atoms with Crippen molar-refractivity contribution in [2.75, 3.05) is 33.1 Å². The highest BCUT2D eigenvalue weighted by molar-refractivity contribution is 7.51. The first-order valence-corrected chi connectivity index (χ1v) is 12.9. The highest BCUT2D eigenvalue weighted by atomic mass is 31.2. The van der Waals surface area contributed by atoms with Crippen LogP contribution in [-0.2, 0) is 22.9 Å². The van der Waals surface area contributed by atoms with Crippen molar-refractivity contribution in [1.82, 2.24) is 0 Å². The first-order chi connectivity index (χ1) is 12.1. The summed E-state index contributed by atoms with van der Waals surface area (Å²) < 4.78 is 37.1. The van der Waals surface area contributed by atoms with Crippen LogP contribution < -0.4 is 0 Å². The molecule has 0 aliphatic heterocycles. The summed E-state index contributed by atoms with van der Waals surface area (Å²) in [7, 11) is -7.83. The van der Waals surface area contributed by atoms with Gasteiger partial charge in [0.25, 0.3) is 0 Å². The summed E-state index contributed by atoms with van der Waals surface area (Å²) in [6.07, 6.45) is 5.37. The summed E-state index contributed by atoms with van der Waals surface area (Å²) in [4.78, 5) is 26.7. The van der Waals surface area contributed by atoms with Crippen LogP contribution in [0.25, 0.3) is 0 Å². The number of hydrogen-bond donors (Lipinski definition) is 3. The van der Waals surface area contributed by atoms with E-state index < -0.39 is 15.4 Å². The van der Waals surface area contributed by atoms with Crippen molar-refractivity contribution in [3.05, 3.63) is 0 Å². The summed E-state index contributed by atoms with van der Waals surface area (Å²) >= 11 is 0. The molecule has 0 aliphatic rings. The Bertz CT molecular complexity index is 451. The van der Waals surface area contributed by atoms with E-state index in [4.69, 9.17) is 19.0 Å². The van der Waals surface area contributed by atoms with Crippen molar-refractivity contribution in [3.8, 4) is 0 Å². The maximum absolute atomic E-state index is 11.2. The van der Waals surface area contributed by atoms with Crippen LogP contribution >= 0.6 is 15.4 Å². The third-order valence-corrected chi connectivity index (χ3v) is 5.18. The van der Waals surface area contributed by atoms with Crippen LogP contribution in [-0.4, -0.2) is 47.8 Å². The Kier molecular flexibility index (Phi) is 12.1. The number of ether oxygens (including phenoxy) is 1. The van der Waals surface area contributed by atoms with Crippen LogP contribution in [0.5, 0.6) is 0 Å². The molecule has 164 valence electrons. The summed E-state index contributed by atoms with van der Waals surface area (Å²) in [6, 6.07) is 0. The molecule has 3 N–H and O–H groups in total. The van der Waals surface area contributed by atoms with Gasteiger partial charge in [-0.15, -0.1) is 0 Å². The zero-order chi connectivity index (χ0) is 21.2. The second-order valence-corrected chi connectivity index (χ2v) is 11.8. The second kappa shape index (κ2) is 12.0. The number of phosphoric ester groups is 1. The van der Waals surface area contributed by atoms with Crippen molar-refractivity contribution in [3.63, 3.8) is 0 Å². The van der Waals surface area contributed by atoms with Gasteiger partial charge in [-0.25, -0.2) is 4.57 Å². The quantitative estimate of drug-likeness (QED) is 0.243. The number of hydrogen-bond acceptors (Lipinski definition) is 5. The average Bonchev–Trinajstić information content (AvgIpc) is 2.48. The van der Waals surface area contributed by atoms with E-state index in [1.54, 1.807) is 0 Å². The predicted octanol–water partition coefficient (Wildman–Crippen LogP) is 4.34. The molecule has 8 nitrogen and oxygen atoms in total. The van der Waals surface area contributed by atoms with E-state index in [-0.39, 0.29) is 24.0 Å². The monoisotopic (exact) mass is 432 g/mol. The van der Waals surface area contributed by atoms with E-state index in [1.165, 1.54) is 6.66 Å². The second-order valence-electron chi connectivity index (χ2n) is 8.70. The van der Waals surface area contributed by atoms with Gasteiger partial charge in [0.1, 0.15) is 0 Å². The van der Waals surface area contributed by atoms with Gasteiger partial charge in [0, 0.05) is 19.9 Å². The zero-order valence-corrected chi connectivity index (χ0v) is 19.1. The van der Waals surface area contributed by atoms with Gasteiger partial charge >= 0.3 is 15.4 Å². The van der Waals surface area contributed by atoms with Crippen LogP contribution in [0.4, 0.5) is 0 Å². The first kappa shape index (κ1) is 27.2. The normalized spacial score (nSPS) is 15.7. The minimum atomic E-state index is -4.41. The molecule has 0 fully saturated rings. The molecule has 0 aromatic rings. The average molecular weight is 432 g/mol. The van der Waals surface area contributed by atoms with Crippen LogP contribution in [0.1, 0.15) is 66.2 Å². The molecule has 10 heteroatoms. The van der Waals surface area contributed by atoms with E-state index in [2.05, 4.69) is 4.52 Å². The van der Waals surface area contributed by atoms with Crippen LogP contribution in [0.2, 0.25) is 0 Å². The Labute approximate surface area is 163 Å². The SMILES string of the molecule is CC(C)(CCCCOCCCCC(C)(C)COP(=O)(O)O)COP(C)(=O)O. The van der Waals surface area contributed by atoms with Gasteiger partial charge < -0.3 is 23.9 Å². The molecule has 0 rings (SSSR count). The smallest absolute Gasteiger partial charge is 0.381 e. The predicted molar refractivity (Wildman–Crippen MR) is 106 cm³/mol. The summed E-state index contributed by atoms with van der Waals surface area (Å²) in [6.45, 7) is 10.7. The van der Waals surface area contributed by atoms with Crippen LogP contribution in [0.3, 0.4) is 0 Å². The molecule has 0 aromatic carbocycles. The van der Waals surface area contributed by atoms with E-state index in [0.717, 1.165) is 38.5 Å². The van der Waals surface area contributed by atoms with E-state index in [9.17, 15) is 14.0 Å². The van der Waals surface area contributed by atoms with Crippen molar-refractivity contribution < 1.29 is 37.6 Å². The van der Waals surface area contributed by atoms with Gasteiger partial charge in [-0.3, -0.25) is 9.09 Å². The molecule has 27 heavy (non-hydrogen) atoms. The van der Waals surface area contributed by atoms with Gasteiger partial charge in [0.15, 0.2) is 0 Å². The van der Waals surface area contributed by atoms with Crippen molar-refractivity contribution in [2.24, 2.45) is 10.8 Å². The van der Waals surface area contributed by atoms with Gasteiger partial charge in [-0.2, -0.15) is 0 Å². The number of unbranched alkanes of at least 4 members (excludes halogenated alkanes) is 2. The Hall–Kier alpha value is 0.220. The summed E-state index contributed by atoms with van der Waals surface area (Å²) in [5, 5.41) is 0. The highest BCUT2D eigenvalue weighted by Crippen LogP contribution is 2.40. The summed E-state index contributed by atoms with van der Waals surface area (Å²) in [5.74, 6) is 0. The van der Waals surface area contributed by atoms with Crippen molar-refractivity contribution in [2.45, 2.75) is 66.2 Å². The Morgan fingerprint density at radius 3 is 1.52 bits per heavy atom. The molecule has 0 saturated carbocycles. The highest BCUT2D eigenvalue weighted by Gasteiger charge is 2.24. The lowest BCUT2D eigenvalue weighted by molar-refractivity contribution is 0.103. The van der Waals surface area contributed by atoms with Gasteiger partial charge in [0.2, 0.25) is 0 Å². The minimum Gasteiger partial charge on any atom is -0.381 e. The fourth-order valence-corrected chi connectivity index (χ4v) is 3.52. The maximum atomic E-state index is 11.2. The first-order valence-electron chi connectivity index (χ1n) is 9.35. The Morgan fingerprint density at radius 2 is 1.15 bits per heavy atom. The van der Waals surface area contributed by atoms with Crippen LogP contribution in [0, 0.1) is 10.8 Å². The largest absolute Gasteiger partial charge is 0.469 e. The maximum Gasteiger partial charge on any atom is 0.469 e. The van der Waals surface area contributed by atoms with E-state index in [1.807, 2.05) is 27.7 Å². The molecule has 0 heterocycles. The fraction of sp³-hybridized carbons (Fsp3) is 1.00. The Morgan fingerprint density at radius 1 is 0.741 bits per heavy atom. The molecular weight excluding hydrogens is 394 g/mol. The molecule has 0 saturated heterocycles. The van der Waals surface area contributed by atoms with Gasteiger partial charge in [-0.05, 0) is 36.5 Å².